The van der Waals surface area contributed by atoms with Gasteiger partial charge < -0.3 is 15.9 Å². The molecule has 0 bridgehead atoms. The minimum absolute atomic E-state index is 0.110. The number of carboxylic acids is 2. The topological polar surface area (TPSA) is 118 Å². The summed E-state index contributed by atoms with van der Waals surface area (Å²) >= 11 is 0.616. The van der Waals surface area contributed by atoms with Gasteiger partial charge in [-0.25, -0.2) is 0 Å². The summed E-state index contributed by atoms with van der Waals surface area (Å²) in [6, 6.07) is -1.14. The van der Waals surface area contributed by atoms with Gasteiger partial charge in [0.25, 0.3) is 0 Å². The highest BCUT2D eigenvalue weighted by molar-refractivity contribution is 8.13. The van der Waals surface area contributed by atoms with E-state index in [0.29, 0.717) is 11.8 Å². The van der Waals surface area contributed by atoms with E-state index in [0.717, 1.165) is 0 Å². The van der Waals surface area contributed by atoms with E-state index < -0.39 is 29.5 Å². The lowest BCUT2D eigenvalue weighted by Crippen LogP contribution is -2.33. The fourth-order valence-corrected chi connectivity index (χ4v) is 1.16. The van der Waals surface area contributed by atoms with Crippen molar-refractivity contribution in [3.05, 3.63) is 0 Å². The van der Waals surface area contributed by atoms with Crippen molar-refractivity contribution in [1.82, 2.24) is 0 Å². The van der Waals surface area contributed by atoms with Crippen LogP contribution in [0.3, 0.4) is 0 Å². The van der Waals surface area contributed by atoms with Crippen LogP contribution < -0.4 is 5.73 Å². The Labute approximate surface area is 78.1 Å². The maximum Gasteiger partial charge on any atom is 0.321 e. The molecule has 1 atom stereocenters. The van der Waals surface area contributed by atoms with Crippen molar-refractivity contribution in [1.29, 1.82) is 0 Å². The van der Waals surface area contributed by atoms with E-state index in [1.54, 1.807) is 0 Å². The Morgan fingerprint density at radius 2 is 1.85 bits per heavy atom. The van der Waals surface area contributed by atoms with E-state index in [1.807, 2.05) is 0 Å². The maximum atomic E-state index is 10.7. The minimum Gasteiger partial charge on any atom is -0.481 e. The summed E-state index contributed by atoms with van der Waals surface area (Å²) in [6.45, 7) is 0. The van der Waals surface area contributed by atoms with Crippen LogP contribution in [0.5, 0.6) is 0 Å². The van der Waals surface area contributed by atoms with Crippen molar-refractivity contribution in [2.24, 2.45) is 5.73 Å². The Balaban J connectivity index is 3.70. The van der Waals surface area contributed by atoms with E-state index in [-0.39, 0.29) is 5.75 Å². The van der Waals surface area contributed by atoms with Gasteiger partial charge in [0, 0.05) is 5.75 Å². The number of carboxylic acid groups (broad SMARTS) is 2. The van der Waals surface area contributed by atoms with Gasteiger partial charge in [-0.15, -0.1) is 0 Å². The van der Waals surface area contributed by atoms with E-state index in [4.69, 9.17) is 15.9 Å². The number of aliphatic carboxylic acids is 2. The molecule has 0 aromatic heterocycles. The molecule has 74 valence electrons. The van der Waals surface area contributed by atoms with Gasteiger partial charge >= 0.3 is 11.9 Å². The quantitative estimate of drug-likeness (QED) is 0.501. The van der Waals surface area contributed by atoms with Gasteiger partial charge in [-0.3, -0.25) is 14.4 Å². The lowest BCUT2D eigenvalue weighted by Gasteiger charge is -2.03. The number of hydrogen-bond donors (Lipinski definition) is 3. The second-order valence-electron chi connectivity index (χ2n) is 2.20. The van der Waals surface area contributed by atoms with Crippen LogP contribution in [0, 0.1) is 0 Å². The summed E-state index contributed by atoms with van der Waals surface area (Å²) in [5, 5.41) is 15.9. The smallest absolute Gasteiger partial charge is 0.321 e. The first-order valence-corrected chi connectivity index (χ1v) is 4.28. The van der Waals surface area contributed by atoms with Crippen LogP contribution in [0.2, 0.25) is 0 Å². The fourth-order valence-electron chi connectivity index (χ4n) is 0.429. The molecule has 7 heteroatoms. The van der Waals surface area contributed by atoms with Crippen LogP contribution in [0.25, 0.3) is 0 Å². The monoisotopic (exact) mass is 207 g/mol. The van der Waals surface area contributed by atoms with Crippen LogP contribution in [-0.4, -0.2) is 39.1 Å². The third-order valence-corrected chi connectivity index (χ3v) is 2.03. The van der Waals surface area contributed by atoms with Gasteiger partial charge in [0.2, 0.25) is 0 Å². The lowest BCUT2D eigenvalue weighted by atomic mass is 10.4. The van der Waals surface area contributed by atoms with Crippen molar-refractivity contribution in [3.63, 3.8) is 0 Å². The summed E-state index contributed by atoms with van der Waals surface area (Å²) in [4.78, 5) is 30.9. The standard InChI is InChI=1S/C6H9NO5S/c7-3(6(11)12)2-13-5(10)1-4(8)9/h3H,1-2,7H2,(H,8,9)(H,11,12)/t3-/m0/s1. The molecule has 0 amide bonds. The Morgan fingerprint density at radius 1 is 1.31 bits per heavy atom. The van der Waals surface area contributed by atoms with Crippen LogP contribution in [0.4, 0.5) is 0 Å². The van der Waals surface area contributed by atoms with Crippen LogP contribution >= 0.6 is 11.8 Å². The first kappa shape index (κ1) is 11.9. The third-order valence-electron chi connectivity index (χ3n) is 1.04. The largest absolute Gasteiger partial charge is 0.481 e. The van der Waals surface area contributed by atoms with Gasteiger partial charge in [0.05, 0.1) is 0 Å². The predicted molar refractivity (Wildman–Crippen MR) is 45.3 cm³/mol. The van der Waals surface area contributed by atoms with Crippen molar-refractivity contribution < 1.29 is 24.6 Å². The number of nitrogens with two attached hydrogens (primary N) is 1. The van der Waals surface area contributed by atoms with Crippen molar-refractivity contribution in [2.75, 3.05) is 5.75 Å². The van der Waals surface area contributed by atoms with Crippen LogP contribution in [-0.2, 0) is 14.4 Å². The first-order chi connectivity index (χ1) is 5.93. The molecule has 0 unspecified atom stereocenters. The number of carbonyl (C=O) groups is 3. The highest BCUT2D eigenvalue weighted by atomic mass is 32.2. The third kappa shape index (κ3) is 6.12. The molecule has 0 aromatic carbocycles. The number of hydrogen-bond acceptors (Lipinski definition) is 5. The lowest BCUT2D eigenvalue weighted by molar-refractivity contribution is -0.139. The zero-order chi connectivity index (χ0) is 10.4. The van der Waals surface area contributed by atoms with Crippen LogP contribution in [0.1, 0.15) is 6.42 Å². The Bertz CT molecular complexity index is 229. The van der Waals surface area contributed by atoms with Crippen molar-refractivity contribution >= 4 is 28.8 Å². The van der Waals surface area contributed by atoms with Gasteiger partial charge in [-0.1, -0.05) is 11.8 Å². The maximum absolute atomic E-state index is 10.7. The van der Waals surface area contributed by atoms with E-state index in [9.17, 15) is 14.4 Å². The van der Waals surface area contributed by atoms with Crippen LogP contribution in [0.15, 0.2) is 0 Å². The summed E-state index contributed by atoms with van der Waals surface area (Å²) in [5.74, 6) is -2.56. The van der Waals surface area contributed by atoms with Gasteiger partial charge in [0.1, 0.15) is 12.5 Å². The van der Waals surface area contributed by atoms with E-state index in [1.165, 1.54) is 0 Å². The Hall–Kier alpha value is -1.08. The summed E-state index contributed by atoms with van der Waals surface area (Å²) < 4.78 is 0. The molecular weight excluding hydrogens is 198 g/mol. The molecule has 4 N–H and O–H groups in total. The van der Waals surface area contributed by atoms with Gasteiger partial charge in [0.15, 0.2) is 5.12 Å². The molecule has 0 fully saturated rings. The molecule has 6 nitrogen and oxygen atoms in total. The number of carbonyl (C=O) groups excluding carboxylic acids is 1. The summed E-state index contributed by atoms with van der Waals surface area (Å²) in [7, 11) is 0. The fraction of sp³-hybridized carbons (Fsp3) is 0.500. The highest BCUT2D eigenvalue weighted by Crippen LogP contribution is 2.06. The summed E-state index contributed by atoms with van der Waals surface area (Å²) in [6.07, 6.45) is -0.614. The molecule has 0 heterocycles. The first-order valence-electron chi connectivity index (χ1n) is 3.29. The average molecular weight is 207 g/mol. The zero-order valence-electron chi connectivity index (χ0n) is 6.60. The van der Waals surface area contributed by atoms with Gasteiger partial charge in [-0.05, 0) is 0 Å². The number of rotatable bonds is 5. The molecule has 0 saturated heterocycles. The molecule has 0 aromatic rings. The highest BCUT2D eigenvalue weighted by Gasteiger charge is 2.15. The zero-order valence-corrected chi connectivity index (χ0v) is 7.41. The number of thioether (sulfide) groups is 1. The Kier molecular flexibility index (Phi) is 5.09. The molecule has 0 aliphatic carbocycles. The second kappa shape index (κ2) is 5.55. The molecule has 13 heavy (non-hydrogen) atoms. The van der Waals surface area contributed by atoms with Crippen molar-refractivity contribution in [3.8, 4) is 0 Å². The van der Waals surface area contributed by atoms with E-state index >= 15 is 0 Å². The SMILES string of the molecule is N[C@@H](CSC(=O)CC(=O)O)C(=O)O. The van der Waals surface area contributed by atoms with Gasteiger partial charge in [-0.2, -0.15) is 0 Å². The summed E-state index contributed by atoms with van der Waals surface area (Å²) in [5.41, 5.74) is 5.08. The van der Waals surface area contributed by atoms with E-state index in [2.05, 4.69) is 0 Å². The second-order valence-corrected chi connectivity index (χ2v) is 3.28. The minimum atomic E-state index is -1.23. The molecule has 0 aliphatic rings. The Morgan fingerprint density at radius 3 is 2.23 bits per heavy atom. The molecule has 0 spiro atoms. The predicted octanol–water partition coefficient (Wildman–Crippen LogP) is -0.867. The molecule has 0 saturated carbocycles. The average Bonchev–Trinajstić information content (AvgIpc) is 1.98. The molecule has 0 rings (SSSR count). The molecular formula is C6H9NO5S. The molecule has 0 aliphatic heterocycles. The molecule has 0 radical (unpaired) electrons. The normalized spacial score (nSPS) is 12.1. The van der Waals surface area contributed by atoms with Crippen molar-refractivity contribution in [2.45, 2.75) is 12.5 Å².